The smallest absolute Gasteiger partial charge is 0.303 e. The van der Waals surface area contributed by atoms with Gasteiger partial charge in [0.15, 0.2) is 0 Å². The number of hydrogen-bond donors (Lipinski definition) is 1. The fourth-order valence-electron chi connectivity index (χ4n) is 1.65. The Bertz CT molecular complexity index is 700. The Balaban J connectivity index is 1.69. The van der Waals surface area contributed by atoms with Crippen molar-refractivity contribution >= 4 is 17.7 Å². The lowest BCUT2D eigenvalue weighted by Gasteiger charge is -2.05. The summed E-state index contributed by atoms with van der Waals surface area (Å²) in [4.78, 5) is 11.6. The number of benzene rings is 1. The zero-order valence-corrected chi connectivity index (χ0v) is 13.3. The summed E-state index contributed by atoms with van der Waals surface area (Å²) in [5, 5.41) is 8.52. The molecule has 5 heteroatoms. The molecule has 0 spiro atoms. The quantitative estimate of drug-likeness (QED) is 0.309. The lowest BCUT2D eigenvalue weighted by Crippen LogP contribution is -2.00. The van der Waals surface area contributed by atoms with Crippen LogP contribution in [0.1, 0.15) is 12.8 Å². The van der Waals surface area contributed by atoms with Gasteiger partial charge in [-0.3, -0.25) is 4.79 Å². The third-order valence-electron chi connectivity index (χ3n) is 2.70. The molecule has 118 valence electrons. The van der Waals surface area contributed by atoms with Crippen LogP contribution in [0.2, 0.25) is 0 Å². The van der Waals surface area contributed by atoms with Crippen LogP contribution < -0.4 is 0 Å². The molecule has 23 heavy (non-hydrogen) atoms. The van der Waals surface area contributed by atoms with E-state index in [0.29, 0.717) is 31.2 Å². The first-order valence-corrected chi connectivity index (χ1v) is 8.16. The van der Waals surface area contributed by atoms with Crippen LogP contribution in [0.5, 0.6) is 0 Å². The number of thioether (sulfide) groups is 1. The van der Waals surface area contributed by atoms with E-state index >= 15 is 0 Å². The molecule has 1 aliphatic carbocycles. The molecule has 0 aliphatic heterocycles. The highest BCUT2D eigenvalue weighted by Crippen LogP contribution is 2.16. The second-order valence-electron chi connectivity index (χ2n) is 4.51. The maximum absolute atomic E-state index is 10.4. The normalized spacial score (nSPS) is 11.8. The highest BCUT2D eigenvalue weighted by molar-refractivity contribution is 7.99. The summed E-state index contributed by atoms with van der Waals surface area (Å²) in [5.74, 6) is 6.36. The molecule has 0 amide bonds. The molecule has 2 rings (SSSR count). The first-order valence-electron chi connectivity index (χ1n) is 7.17. The molecule has 0 saturated heterocycles. The van der Waals surface area contributed by atoms with Gasteiger partial charge < -0.3 is 14.6 Å². The van der Waals surface area contributed by atoms with Gasteiger partial charge in [-0.15, -0.1) is 11.8 Å². The molecule has 1 N–H and O–H groups in total. The Morgan fingerprint density at radius 1 is 1.04 bits per heavy atom. The number of aliphatic carboxylic acids is 1. The summed E-state index contributed by atoms with van der Waals surface area (Å²) < 4.78 is 10.8. The van der Waals surface area contributed by atoms with Crippen molar-refractivity contribution in [3.63, 3.8) is 0 Å². The fourth-order valence-corrected chi connectivity index (χ4v) is 2.40. The third-order valence-corrected chi connectivity index (χ3v) is 3.68. The molecule has 1 aromatic carbocycles. The SMILES string of the molecule is O=C(O)CCCOC1=C=C=C(OCCSc2ccccc2)C#C1. The highest BCUT2D eigenvalue weighted by atomic mass is 32.2. The summed E-state index contributed by atoms with van der Waals surface area (Å²) >= 11 is 1.71. The molecule has 0 fully saturated rings. The van der Waals surface area contributed by atoms with Gasteiger partial charge in [0.1, 0.15) is 0 Å². The van der Waals surface area contributed by atoms with E-state index in [-0.39, 0.29) is 6.42 Å². The minimum Gasteiger partial charge on any atom is -0.481 e. The van der Waals surface area contributed by atoms with E-state index in [2.05, 4.69) is 35.4 Å². The van der Waals surface area contributed by atoms with E-state index in [9.17, 15) is 4.79 Å². The molecule has 0 aromatic heterocycles. The monoisotopic (exact) mass is 328 g/mol. The molecular formula is C18H16O4S. The Morgan fingerprint density at radius 2 is 1.70 bits per heavy atom. The minimum atomic E-state index is -0.836. The number of carbonyl (C=O) groups is 1. The summed E-state index contributed by atoms with van der Waals surface area (Å²) in [6, 6.07) is 10.1. The summed E-state index contributed by atoms with van der Waals surface area (Å²) in [5.41, 5.74) is 5.57. The van der Waals surface area contributed by atoms with Gasteiger partial charge in [0.2, 0.25) is 11.5 Å². The van der Waals surface area contributed by atoms with E-state index in [4.69, 9.17) is 14.6 Å². The first-order chi connectivity index (χ1) is 11.2. The largest absolute Gasteiger partial charge is 0.481 e. The number of carboxylic acid groups (broad SMARTS) is 1. The second kappa shape index (κ2) is 9.50. The van der Waals surface area contributed by atoms with Crippen molar-refractivity contribution in [3.8, 4) is 11.8 Å². The zero-order valence-electron chi connectivity index (χ0n) is 12.5. The van der Waals surface area contributed by atoms with Crippen LogP contribution in [0.4, 0.5) is 0 Å². The molecular weight excluding hydrogens is 312 g/mol. The maximum atomic E-state index is 10.4. The molecule has 0 saturated carbocycles. The Labute approximate surface area is 139 Å². The highest BCUT2D eigenvalue weighted by Gasteiger charge is 2.01. The molecule has 0 heterocycles. The lowest BCUT2D eigenvalue weighted by atomic mass is 10.3. The molecule has 4 nitrogen and oxygen atoms in total. The fraction of sp³-hybridized carbons (Fsp3) is 0.278. The van der Waals surface area contributed by atoms with E-state index in [1.807, 2.05) is 18.2 Å². The topological polar surface area (TPSA) is 55.8 Å². The minimum absolute atomic E-state index is 0.0771. The van der Waals surface area contributed by atoms with Gasteiger partial charge >= 0.3 is 5.97 Å². The van der Waals surface area contributed by atoms with E-state index in [1.165, 1.54) is 4.90 Å². The molecule has 1 aliphatic rings. The number of rotatable bonds is 10. The number of allylic oxidation sites excluding steroid dienone is 2. The van der Waals surface area contributed by atoms with Gasteiger partial charge in [0.25, 0.3) is 0 Å². The van der Waals surface area contributed by atoms with Crippen LogP contribution in [-0.4, -0.2) is 30.0 Å². The van der Waals surface area contributed by atoms with Gasteiger partial charge in [-0.25, -0.2) is 0 Å². The predicted molar refractivity (Wildman–Crippen MR) is 87.8 cm³/mol. The van der Waals surface area contributed by atoms with Gasteiger partial charge in [-0.2, -0.15) is 0 Å². The molecule has 1 aromatic rings. The number of carboxylic acids is 1. The number of ether oxygens (including phenoxy) is 2. The van der Waals surface area contributed by atoms with Crippen molar-refractivity contribution in [2.75, 3.05) is 19.0 Å². The van der Waals surface area contributed by atoms with Gasteiger partial charge in [-0.1, -0.05) is 18.2 Å². The molecule has 0 unspecified atom stereocenters. The summed E-state index contributed by atoms with van der Waals surface area (Å²) in [6.45, 7) is 0.835. The lowest BCUT2D eigenvalue weighted by molar-refractivity contribution is -0.137. The first kappa shape index (κ1) is 16.9. The van der Waals surface area contributed by atoms with Gasteiger partial charge in [-0.05, 0) is 41.9 Å². The number of hydrogen-bond acceptors (Lipinski definition) is 4. The van der Waals surface area contributed by atoms with Crippen molar-refractivity contribution in [1.82, 2.24) is 0 Å². The van der Waals surface area contributed by atoms with Crippen molar-refractivity contribution < 1.29 is 19.4 Å². The standard InChI is InChI=1S/C18H16O4S/c19-18(20)7-4-12-21-15-8-10-16(11-9-15)22-13-14-23-17-5-2-1-3-6-17/h1-3,5-6H,4,7,12-14H2,(H,19,20). The van der Waals surface area contributed by atoms with Crippen molar-refractivity contribution in [2.45, 2.75) is 17.7 Å². The second-order valence-corrected chi connectivity index (χ2v) is 5.68. The van der Waals surface area contributed by atoms with Crippen LogP contribution in [-0.2, 0) is 14.3 Å². The van der Waals surface area contributed by atoms with E-state index in [1.54, 1.807) is 11.8 Å². The average molecular weight is 328 g/mol. The molecule has 0 bridgehead atoms. The Kier molecular flexibility index (Phi) is 6.97. The summed E-state index contributed by atoms with van der Waals surface area (Å²) in [6.07, 6.45) is 0.514. The van der Waals surface area contributed by atoms with Gasteiger partial charge in [0, 0.05) is 17.1 Å². The predicted octanol–water partition coefficient (Wildman–Crippen LogP) is 3.22. The average Bonchev–Trinajstić information content (AvgIpc) is 2.57. The Morgan fingerprint density at radius 3 is 2.30 bits per heavy atom. The maximum Gasteiger partial charge on any atom is 0.303 e. The van der Waals surface area contributed by atoms with Crippen molar-refractivity contribution in [2.24, 2.45) is 0 Å². The van der Waals surface area contributed by atoms with Crippen molar-refractivity contribution in [1.29, 1.82) is 0 Å². The van der Waals surface area contributed by atoms with Gasteiger partial charge in [0.05, 0.1) is 13.2 Å². The van der Waals surface area contributed by atoms with Crippen LogP contribution >= 0.6 is 11.8 Å². The van der Waals surface area contributed by atoms with Crippen LogP contribution in [0, 0.1) is 11.8 Å². The van der Waals surface area contributed by atoms with Crippen LogP contribution in [0.25, 0.3) is 0 Å². The van der Waals surface area contributed by atoms with Crippen molar-refractivity contribution in [3.05, 3.63) is 53.3 Å². The van der Waals surface area contributed by atoms with E-state index in [0.717, 1.165) is 5.75 Å². The van der Waals surface area contributed by atoms with E-state index < -0.39 is 5.97 Å². The third kappa shape index (κ3) is 6.86. The summed E-state index contributed by atoms with van der Waals surface area (Å²) in [7, 11) is 0. The van der Waals surface area contributed by atoms with Crippen LogP contribution in [0.3, 0.4) is 0 Å². The Hall–Kier alpha value is -2.50. The van der Waals surface area contributed by atoms with Crippen LogP contribution in [0.15, 0.2) is 58.2 Å². The molecule has 0 atom stereocenters. The molecule has 0 radical (unpaired) electrons. The zero-order chi connectivity index (χ0) is 16.3.